The van der Waals surface area contributed by atoms with E-state index in [2.05, 4.69) is 37.5 Å². The first-order valence-corrected chi connectivity index (χ1v) is 7.30. The third-order valence-electron chi connectivity index (χ3n) is 4.29. The Hall–Kier alpha value is -1.09. The third-order valence-corrected chi connectivity index (χ3v) is 4.29. The molecule has 0 N–H and O–H groups in total. The van der Waals surface area contributed by atoms with Gasteiger partial charge in [0.1, 0.15) is 5.82 Å². The summed E-state index contributed by atoms with van der Waals surface area (Å²) in [7, 11) is 0. The Morgan fingerprint density at radius 2 is 1.68 bits per heavy atom. The molecule has 3 unspecified atom stereocenters. The molecule has 106 valence electrons. The van der Waals surface area contributed by atoms with Crippen molar-refractivity contribution in [3.8, 4) is 0 Å². The molecule has 1 aromatic rings. The average Bonchev–Trinajstić information content (AvgIpc) is 2.39. The second-order valence-corrected chi connectivity index (χ2v) is 5.79. The van der Waals surface area contributed by atoms with Crippen LogP contribution in [0.3, 0.4) is 0 Å². The fraction of sp³-hybridized carbons (Fsp3) is 0.625. The maximum absolute atomic E-state index is 13.0. The highest BCUT2D eigenvalue weighted by Crippen LogP contribution is 2.26. The summed E-state index contributed by atoms with van der Waals surface area (Å²) < 4.78 is 13.0. The summed E-state index contributed by atoms with van der Waals surface area (Å²) in [6, 6.07) is 8.44. The van der Waals surface area contributed by atoms with Gasteiger partial charge in [-0.05, 0) is 51.5 Å². The molecule has 1 aromatic carbocycles. The van der Waals surface area contributed by atoms with Gasteiger partial charge in [0.2, 0.25) is 0 Å². The van der Waals surface area contributed by atoms with Crippen molar-refractivity contribution >= 4 is 5.69 Å². The topological polar surface area (TPSA) is 6.48 Å². The molecule has 1 saturated heterocycles. The zero-order valence-corrected chi connectivity index (χ0v) is 12.4. The summed E-state index contributed by atoms with van der Waals surface area (Å²) in [6.07, 6.45) is 1.19. The number of piperazine rings is 1. The van der Waals surface area contributed by atoms with Crippen molar-refractivity contribution in [3.05, 3.63) is 30.1 Å². The average molecular weight is 264 g/mol. The number of hydrogen-bond acceptors (Lipinski definition) is 2. The lowest BCUT2D eigenvalue weighted by molar-refractivity contribution is 0.149. The van der Waals surface area contributed by atoms with Crippen LogP contribution < -0.4 is 4.90 Å². The van der Waals surface area contributed by atoms with Crippen LogP contribution in [0.2, 0.25) is 0 Å². The van der Waals surface area contributed by atoms with Gasteiger partial charge >= 0.3 is 0 Å². The summed E-state index contributed by atoms with van der Waals surface area (Å²) in [5, 5.41) is 0. The van der Waals surface area contributed by atoms with Crippen LogP contribution in [-0.4, -0.2) is 36.1 Å². The van der Waals surface area contributed by atoms with E-state index in [9.17, 15) is 4.39 Å². The number of rotatable bonds is 3. The molecule has 0 aliphatic carbocycles. The predicted octanol–water partition coefficient (Wildman–Crippen LogP) is 3.52. The quantitative estimate of drug-likeness (QED) is 0.824. The fourth-order valence-corrected chi connectivity index (χ4v) is 3.10. The van der Waals surface area contributed by atoms with Crippen molar-refractivity contribution in [2.45, 2.75) is 52.2 Å². The summed E-state index contributed by atoms with van der Waals surface area (Å²) in [4.78, 5) is 4.98. The van der Waals surface area contributed by atoms with Crippen LogP contribution in [0.15, 0.2) is 24.3 Å². The lowest BCUT2D eigenvalue weighted by Crippen LogP contribution is -2.58. The Morgan fingerprint density at radius 1 is 1.16 bits per heavy atom. The van der Waals surface area contributed by atoms with E-state index >= 15 is 0 Å². The molecule has 1 fully saturated rings. The molecule has 2 rings (SSSR count). The van der Waals surface area contributed by atoms with E-state index in [1.807, 2.05) is 12.1 Å². The molecular weight excluding hydrogens is 239 g/mol. The minimum Gasteiger partial charge on any atom is -0.364 e. The molecule has 19 heavy (non-hydrogen) atoms. The van der Waals surface area contributed by atoms with Gasteiger partial charge in [-0.1, -0.05) is 6.92 Å². The van der Waals surface area contributed by atoms with Crippen LogP contribution >= 0.6 is 0 Å². The second-order valence-electron chi connectivity index (χ2n) is 5.79. The van der Waals surface area contributed by atoms with Gasteiger partial charge in [-0.25, -0.2) is 4.39 Å². The van der Waals surface area contributed by atoms with Gasteiger partial charge in [0.15, 0.2) is 0 Å². The molecule has 1 aliphatic heterocycles. The van der Waals surface area contributed by atoms with Crippen molar-refractivity contribution in [3.63, 3.8) is 0 Å². The SMILES string of the molecule is CCC(C)N1CC(C)N(c2ccc(F)cc2)C(C)C1. The van der Waals surface area contributed by atoms with Crippen LogP contribution in [0.4, 0.5) is 10.1 Å². The lowest BCUT2D eigenvalue weighted by Gasteiger charge is -2.47. The van der Waals surface area contributed by atoms with E-state index in [0.717, 1.165) is 18.8 Å². The van der Waals surface area contributed by atoms with Crippen molar-refractivity contribution < 1.29 is 4.39 Å². The fourth-order valence-electron chi connectivity index (χ4n) is 3.10. The van der Waals surface area contributed by atoms with E-state index in [4.69, 9.17) is 0 Å². The van der Waals surface area contributed by atoms with Crippen LogP contribution in [0, 0.1) is 5.82 Å². The summed E-state index contributed by atoms with van der Waals surface area (Å²) in [6.45, 7) is 11.2. The molecule has 1 aliphatic rings. The van der Waals surface area contributed by atoms with Crippen LogP contribution in [0.1, 0.15) is 34.1 Å². The van der Waals surface area contributed by atoms with Gasteiger partial charge in [-0.3, -0.25) is 4.90 Å². The number of nitrogens with zero attached hydrogens (tertiary/aromatic N) is 2. The molecule has 2 nitrogen and oxygen atoms in total. The minimum atomic E-state index is -0.165. The van der Waals surface area contributed by atoms with E-state index in [-0.39, 0.29) is 5.82 Å². The lowest BCUT2D eigenvalue weighted by atomic mass is 10.0. The van der Waals surface area contributed by atoms with Gasteiger partial charge in [-0.15, -0.1) is 0 Å². The first-order valence-electron chi connectivity index (χ1n) is 7.30. The van der Waals surface area contributed by atoms with Crippen molar-refractivity contribution in [2.24, 2.45) is 0 Å². The van der Waals surface area contributed by atoms with Crippen molar-refractivity contribution in [1.82, 2.24) is 4.90 Å². The maximum atomic E-state index is 13.0. The molecule has 0 saturated carbocycles. The van der Waals surface area contributed by atoms with E-state index in [0.29, 0.717) is 18.1 Å². The normalized spacial score (nSPS) is 26.5. The van der Waals surface area contributed by atoms with Crippen molar-refractivity contribution in [2.75, 3.05) is 18.0 Å². The second kappa shape index (κ2) is 5.91. The monoisotopic (exact) mass is 264 g/mol. The van der Waals surface area contributed by atoms with Crippen LogP contribution in [0.5, 0.6) is 0 Å². The van der Waals surface area contributed by atoms with Gasteiger partial charge in [0.25, 0.3) is 0 Å². The summed E-state index contributed by atoms with van der Waals surface area (Å²) in [5.41, 5.74) is 1.13. The molecule has 3 heteroatoms. The number of halogens is 1. The molecule has 0 bridgehead atoms. The van der Waals surface area contributed by atoms with Crippen molar-refractivity contribution in [1.29, 1.82) is 0 Å². The smallest absolute Gasteiger partial charge is 0.123 e. The van der Waals surface area contributed by atoms with E-state index in [1.165, 1.54) is 6.42 Å². The summed E-state index contributed by atoms with van der Waals surface area (Å²) >= 11 is 0. The standard InChI is InChI=1S/C16H25FN2/c1-5-12(2)18-10-13(3)19(14(4)11-18)16-8-6-15(17)7-9-16/h6-9,12-14H,5,10-11H2,1-4H3. The zero-order valence-electron chi connectivity index (χ0n) is 12.4. The highest BCUT2D eigenvalue weighted by atomic mass is 19.1. The largest absolute Gasteiger partial charge is 0.364 e. The molecule has 3 atom stereocenters. The molecule has 0 aromatic heterocycles. The highest BCUT2D eigenvalue weighted by molar-refractivity contribution is 5.49. The first-order chi connectivity index (χ1) is 9.02. The molecule has 0 amide bonds. The van der Waals surface area contributed by atoms with E-state index < -0.39 is 0 Å². The van der Waals surface area contributed by atoms with Gasteiger partial charge in [-0.2, -0.15) is 0 Å². The van der Waals surface area contributed by atoms with Gasteiger partial charge in [0.05, 0.1) is 0 Å². The van der Waals surface area contributed by atoms with Crippen LogP contribution in [-0.2, 0) is 0 Å². The van der Waals surface area contributed by atoms with Gasteiger partial charge < -0.3 is 4.90 Å². The maximum Gasteiger partial charge on any atom is 0.123 e. The van der Waals surface area contributed by atoms with Gasteiger partial charge in [0, 0.05) is 36.9 Å². The summed E-state index contributed by atoms with van der Waals surface area (Å²) in [5.74, 6) is -0.165. The Bertz CT molecular complexity index is 392. The Kier molecular flexibility index (Phi) is 4.46. The molecular formula is C16H25FN2. The molecule has 1 heterocycles. The zero-order chi connectivity index (χ0) is 14.0. The minimum absolute atomic E-state index is 0.165. The number of anilines is 1. The Balaban J connectivity index is 2.13. The molecule has 0 radical (unpaired) electrons. The predicted molar refractivity (Wildman–Crippen MR) is 79.1 cm³/mol. The van der Waals surface area contributed by atoms with Crippen LogP contribution in [0.25, 0.3) is 0 Å². The first kappa shape index (κ1) is 14.3. The third kappa shape index (κ3) is 3.08. The molecule has 0 spiro atoms. The highest BCUT2D eigenvalue weighted by Gasteiger charge is 2.31. The number of benzene rings is 1. The Morgan fingerprint density at radius 3 is 2.16 bits per heavy atom. The van der Waals surface area contributed by atoms with E-state index in [1.54, 1.807) is 12.1 Å². The Labute approximate surface area is 116 Å². The number of hydrogen-bond donors (Lipinski definition) is 0.